The molecule has 2 aliphatic heterocycles. The largest absolute Gasteiger partial charge is 0.455 e. The molecule has 4 heterocycles. The number of aromatic amines is 1. The summed E-state index contributed by atoms with van der Waals surface area (Å²) in [4.78, 5) is 29.7. The third-order valence-electron chi connectivity index (χ3n) is 10.7. The van der Waals surface area contributed by atoms with Crippen molar-refractivity contribution in [3.63, 3.8) is 0 Å². The van der Waals surface area contributed by atoms with Gasteiger partial charge in [0.2, 0.25) is 0 Å². The normalized spacial score (nSPS) is 15.5. The number of benzene rings is 3. The fourth-order valence-electron chi connectivity index (χ4n) is 7.20. The van der Waals surface area contributed by atoms with Crippen LogP contribution in [0.1, 0.15) is 61.4 Å². The number of ether oxygens (including phenoxy) is 2. The van der Waals surface area contributed by atoms with Gasteiger partial charge in [-0.2, -0.15) is 5.48 Å². The van der Waals surface area contributed by atoms with E-state index in [0.29, 0.717) is 28.9 Å². The monoisotopic (exact) mass is 841 g/mol. The number of hydrazine groups is 1. The number of pyridine rings is 1. The number of amides is 1. The van der Waals surface area contributed by atoms with E-state index in [4.69, 9.17) is 25.9 Å². The SMILES string of the molecule is C/C=C\CC(CC)c1ccc(Cl)cc1.CNN1CCN(c2ccc(C(=O)NSc3ccc(NCC4CCOCC4)c([NH2+]OC)c3)c(Oc3cnc4[nH]ccc4c3)c2)CC1. The maximum Gasteiger partial charge on any atom is 0.265 e. The zero-order valence-corrected chi connectivity index (χ0v) is 36.1. The Kier molecular flexibility index (Phi) is 16.9. The van der Waals surface area contributed by atoms with Gasteiger partial charge in [-0.05, 0) is 118 Å². The Bertz CT molecular complexity index is 2100. The summed E-state index contributed by atoms with van der Waals surface area (Å²) in [7, 11) is 3.58. The first-order valence-electron chi connectivity index (χ1n) is 20.4. The molecule has 0 bridgehead atoms. The van der Waals surface area contributed by atoms with Crippen molar-refractivity contribution in [3.8, 4) is 11.5 Å². The van der Waals surface area contributed by atoms with Gasteiger partial charge in [-0.1, -0.05) is 42.8 Å². The minimum absolute atomic E-state index is 0.253. The van der Waals surface area contributed by atoms with Crippen LogP contribution in [-0.2, 0) is 9.57 Å². The van der Waals surface area contributed by atoms with E-state index < -0.39 is 0 Å². The second-order valence-electron chi connectivity index (χ2n) is 14.6. The highest BCUT2D eigenvalue weighted by Crippen LogP contribution is 2.33. The first-order chi connectivity index (χ1) is 28.9. The number of rotatable bonds is 16. The van der Waals surface area contributed by atoms with Crippen molar-refractivity contribution >= 4 is 57.6 Å². The second-order valence-corrected chi connectivity index (χ2v) is 15.9. The van der Waals surface area contributed by atoms with Gasteiger partial charge in [-0.3, -0.25) is 14.9 Å². The number of nitrogens with zero attached hydrogens (tertiary/aromatic N) is 3. The molecule has 314 valence electrons. The average molecular weight is 843 g/mol. The molecule has 2 aliphatic rings. The van der Waals surface area contributed by atoms with Gasteiger partial charge in [-0.25, -0.2) is 14.8 Å². The standard InChI is InChI=1S/C32H40N8O4S.C13H17Cl/c1-33-40-13-11-39(12-14-40)24-3-5-27(30(18-24)44-25-17-23-7-10-34-31(23)36-21-25)32(41)38-45-26-4-6-28(29(19-26)37-42-2)35-20-22-8-15-43-16-9-22;1-3-5-6-11(4-2)12-7-9-13(14)10-8-12/h3-7,10,17-19,21-22,33,35,37H,8-9,11-16,20H2,1-2H3,(H,34,36)(H,38,41);3,5,7-11H,4,6H2,1-2H3/p+1/b;5-3-. The average Bonchev–Trinajstić information content (AvgIpc) is 3.75. The number of anilines is 2. The summed E-state index contributed by atoms with van der Waals surface area (Å²) in [6.45, 7) is 10.3. The second kappa shape index (κ2) is 22.7. The van der Waals surface area contributed by atoms with Crippen LogP contribution in [0, 0.1) is 5.92 Å². The number of quaternary nitrogens is 1. The molecule has 14 heteroatoms. The third-order valence-corrected chi connectivity index (χ3v) is 11.7. The van der Waals surface area contributed by atoms with Crippen molar-refractivity contribution in [1.82, 2.24) is 25.1 Å². The van der Waals surface area contributed by atoms with Crippen molar-refractivity contribution < 1.29 is 24.6 Å². The third kappa shape index (κ3) is 12.7. The molecule has 0 spiro atoms. The van der Waals surface area contributed by atoms with Crippen LogP contribution >= 0.6 is 23.5 Å². The lowest BCUT2D eigenvalue weighted by molar-refractivity contribution is -0.829. The van der Waals surface area contributed by atoms with Crippen LogP contribution in [0.2, 0.25) is 5.02 Å². The summed E-state index contributed by atoms with van der Waals surface area (Å²) < 4.78 is 14.8. The van der Waals surface area contributed by atoms with Gasteiger partial charge in [0.1, 0.15) is 17.1 Å². The van der Waals surface area contributed by atoms with Gasteiger partial charge in [0.25, 0.3) is 5.91 Å². The number of fused-ring (bicyclic) bond motifs is 1. The molecule has 2 aromatic heterocycles. The Balaban J connectivity index is 0.000000355. The lowest BCUT2D eigenvalue weighted by atomic mass is 9.93. The molecule has 3 aromatic carbocycles. The summed E-state index contributed by atoms with van der Waals surface area (Å²) in [5, 5.41) is 7.50. The molecule has 59 heavy (non-hydrogen) atoms. The quantitative estimate of drug-likeness (QED) is 0.0286. The van der Waals surface area contributed by atoms with Gasteiger partial charge in [0, 0.05) is 85.3 Å². The molecular weight excluding hydrogens is 784 g/mol. The fraction of sp³-hybridized carbons (Fsp3) is 0.378. The maximum absolute atomic E-state index is 13.6. The number of nitrogens with one attached hydrogen (secondary N) is 4. The number of aromatic nitrogens is 2. The van der Waals surface area contributed by atoms with E-state index in [9.17, 15) is 4.79 Å². The van der Waals surface area contributed by atoms with Crippen molar-refractivity contribution in [2.45, 2.75) is 50.3 Å². The molecule has 5 aromatic rings. The number of nitrogens with two attached hydrogens (primary N) is 1. The molecule has 7 rings (SSSR count). The zero-order chi connectivity index (χ0) is 41.4. The van der Waals surface area contributed by atoms with Crippen molar-refractivity contribution in [1.29, 1.82) is 0 Å². The molecule has 0 aliphatic carbocycles. The number of allylic oxidation sites excluding steroid dienone is 2. The van der Waals surface area contributed by atoms with Gasteiger partial charge in [-0.15, -0.1) is 0 Å². The Morgan fingerprint density at radius 3 is 2.59 bits per heavy atom. The van der Waals surface area contributed by atoms with E-state index in [2.05, 4.69) is 73.5 Å². The molecule has 12 nitrogen and oxygen atoms in total. The number of piperazine rings is 1. The Morgan fingerprint density at radius 1 is 1.07 bits per heavy atom. The summed E-state index contributed by atoms with van der Waals surface area (Å²) in [5.74, 6) is 1.99. The summed E-state index contributed by atoms with van der Waals surface area (Å²) >= 11 is 7.11. The Labute approximate surface area is 357 Å². The first-order valence-corrected chi connectivity index (χ1v) is 21.6. The van der Waals surface area contributed by atoms with Crippen LogP contribution < -0.4 is 30.6 Å². The number of hydrogen-bond acceptors (Lipinski definition) is 10. The maximum atomic E-state index is 13.6. The van der Waals surface area contributed by atoms with Crippen LogP contribution in [0.5, 0.6) is 11.5 Å². The van der Waals surface area contributed by atoms with Crippen LogP contribution in [0.25, 0.3) is 11.0 Å². The van der Waals surface area contributed by atoms with E-state index in [-0.39, 0.29) is 5.91 Å². The fourth-order valence-corrected chi connectivity index (χ4v) is 7.97. The van der Waals surface area contributed by atoms with E-state index in [1.165, 1.54) is 23.9 Å². The number of halogens is 1. The van der Waals surface area contributed by atoms with Crippen LogP contribution in [0.4, 0.5) is 17.1 Å². The van der Waals surface area contributed by atoms with E-state index in [0.717, 1.165) is 103 Å². The van der Waals surface area contributed by atoms with Gasteiger partial charge in [0.15, 0.2) is 5.69 Å². The Hall–Kier alpha value is -4.60. The Morgan fingerprint density at radius 2 is 1.86 bits per heavy atom. The highest BCUT2D eigenvalue weighted by atomic mass is 35.5. The lowest BCUT2D eigenvalue weighted by Crippen LogP contribution is -2.76. The molecule has 1 atom stereocenters. The van der Waals surface area contributed by atoms with Gasteiger partial charge < -0.3 is 24.7 Å². The predicted molar refractivity (Wildman–Crippen MR) is 240 cm³/mol. The van der Waals surface area contributed by atoms with E-state index >= 15 is 0 Å². The number of hydrogen-bond donors (Lipinski definition) is 5. The van der Waals surface area contributed by atoms with Crippen LogP contribution in [0.3, 0.4) is 0 Å². The first kappa shape index (κ1) is 44.0. The molecule has 1 unspecified atom stereocenters. The van der Waals surface area contributed by atoms with E-state index in [1.54, 1.807) is 18.8 Å². The molecular formula is C45H58ClN8O4S+. The predicted octanol–water partition coefficient (Wildman–Crippen LogP) is 8.44. The highest BCUT2D eigenvalue weighted by molar-refractivity contribution is 7.98. The minimum atomic E-state index is -0.253. The number of H-pyrrole nitrogens is 1. The minimum Gasteiger partial charge on any atom is -0.455 e. The van der Waals surface area contributed by atoms with Crippen LogP contribution in [0.15, 0.2) is 102 Å². The number of carbonyl (C=O) groups is 1. The van der Waals surface area contributed by atoms with Crippen LogP contribution in [-0.4, -0.2) is 81.0 Å². The van der Waals surface area contributed by atoms with Gasteiger partial charge >= 0.3 is 0 Å². The molecule has 2 fully saturated rings. The zero-order valence-electron chi connectivity index (χ0n) is 34.5. The smallest absolute Gasteiger partial charge is 0.265 e. The van der Waals surface area contributed by atoms with Gasteiger partial charge in [0.05, 0.1) is 24.6 Å². The van der Waals surface area contributed by atoms with E-state index in [1.807, 2.05) is 73.9 Å². The molecule has 0 saturated carbocycles. The topological polar surface area (TPSA) is 133 Å². The summed E-state index contributed by atoms with van der Waals surface area (Å²) in [5.41, 5.74) is 10.5. The van der Waals surface area contributed by atoms with Crippen molar-refractivity contribution in [2.24, 2.45) is 5.92 Å². The molecule has 2 saturated heterocycles. The molecule has 0 radical (unpaired) electrons. The summed E-state index contributed by atoms with van der Waals surface area (Å²) in [6.07, 6.45) is 12.3. The van der Waals surface area contributed by atoms with Crippen molar-refractivity contribution in [2.75, 3.05) is 70.3 Å². The lowest BCUT2D eigenvalue weighted by Gasteiger charge is -2.35. The molecule has 6 N–H and O–H groups in total. The van der Waals surface area contributed by atoms with Crippen molar-refractivity contribution in [3.05, 3.63) is 113 Å². The number of carbonyl (C=O) groups excluding carboxylic acids is 1. The highest BCUT2D eigenvalue weighted by Gasteiger charge is 2.21. The molecule has 1 amide bonds. The summed E-state index contributed by atoms with van der Waals surface area (Å²) in [6, 6.07) is 23.8.